The van der Waals surface area contributed by atoms with Gasteiger partial charge in [0, 0.05) is 11.3 Å². The molecule has 0 radical (unpaired) electrons. The normalized spacial score (nSPS) is 10.8. The van der Waals surface area contributed by atoms with Gasteiger partial charge in [-0.15, -0.1) is 5.10 Å². The number of tetrazole rings is 1. The van der Waals surface area contributed by atoms with Crippen LogP contribution in [0.25, 0.3) is 17.1 Å². The smallest absolute Gasteiger partial charge is 0.187 e. The van der Waals surface area contributed by atoms with Gasteiger partial charge in [0.1, 0.15) is 5.69 Å². The summed E-state index contributed by atoms with van der Waals surface area (Å²) in [5, 5.41) is 12.7. The third-order valence-corrected chi connectivity index (χ3v) is 3.77. The van der Waals surface area contributed by atoms with Crippen LogP contribution in [0.15, 0.2) is 36.4 Å². The average molecular weight is 320 g/mol. The summed E-state index contributed by atoms with van der Waals surface area (Å²) in [4.78, 5) is 0. The molecule has 2 aromatic carbocycles. The van der Waals surface area contributed by atoms with Crippen LogP contribution in [-0.4, -0.2) is 20.2 Å². The molecule has 0 saturated heterocycles. The van der Waals surface area contributed by atoms with E-state index in [0.717, 1.165) is 11.1 Å². The van der Waals surface area contributed by atoms with Crippen molar-refractivity contribution in [1.82, 2.24) is 20.2 Å². The van der Waals surface area contributed by atoms with Crippen LogP contribution in [0, 0.1) is 6.92 Å². The first-order valence-corrected chi connectivity index (χ1v) is 6.93. The van der Waals surface area contributed by atoms with E-state index in [4.69, 9.17) is 28.9 Å². The predicted molar refractivity (Wildman–Crippen MR) is 83.8 cm³/mol. The van der Waals surface area contributed by atoms with Crippen molar-refractivity contribution >= 4 is 28.9 Å². The van der Waals surface area contributed by atoms with E-state index < -0.39 is 0 Å². The molecule has 0 unspecified atom stereocenters. The van der Waals surface area contributed by atoms with E-state index in [2.05, 4.69) is 15.5 Å². The Balaban J connectivity index is 2.20. The van der Waals surface area contributed by atoms with Crippen LogP contribution in [0.5, 0.6) is 0 Å². The molecule has 5 nitrogen and oxygen atoms in total. The van der Waals surface area contributed by atoms with Crippen molar-refractivity contribution in [2.75, 3.05) is 5.73 Å². The van der Waals surface area contributed by atoms with E-state index in [1.165, 1.54) is 4.68 Å². The number of nitrogens with two attached hydrogens (primary N) is 1. The molecule has 106 valence electrons. The van der Waals surface area contributed by atoms with Crippen LogP contribution in [0.2, 0.25) is 10.0 Å². The van der Waals surface area contributed by atoms with Crippen LogP contribution < -0.4 is 5.73 Å². The first kappa shape index (κ1) is 13.9. The highest BCUT2D eigenvalue weighted by Gasteiger charge is 2.16. The highest BCUT2D eigenvalue weighted by molar-refractivity contribution is 6.37. The minimum atomic E-state index is 0.469. The molecule has 0 fully saturated rings. The maximum atomic E-state index is 6.21. The molecule has 0 aliphatic heterocycles. The van der Waals surface area contributed by atoms with Gasteiger partial charge >= 0.3 is 0 Å². The lowest BCUT2D eigenvalue weighted by molar-refractivity contribution is 0.791. The van der Waals surface area contributed by atoms with Crippen molar-refractivity contribution in [3.05, 3.63) is 52.0 Å². The number of aryl methyl sites for hydroxylation is 1. The van der Waals surface area contributed by atoms with Crippen LogP contribution in [0.4, 0.5) is 5.69 Å². The van der Waals surface area contributed by atoms with Crippen molar-refractivity contribution in [1.29, 1.82) is 0 Å². The van der Waals surface area contributed by atoms with E-state index in [0.29, 0.717) is 27.2 Å². The van der Waals surface area contributed by atoms with Crippen LogP contribution >= 0.6 is 23.2 Å². The van der Waals surface area contributed by atoms with E-state index >= 15 is 0 Å². The number of para-hydroxylation sites is 1. The van der Waals surface area contributed by atoms with Gasteiger partial charge in [-0.1, -0.05) is 41.4 Å². The van der Waals surface area contributed by atoms with Gasteiger partial charge < -0.3 is 5.73 Å². The molecule has 3 aromatic rings. The number of benzene rings is 2. The second-order valence-electron chi connectivity index (χ2n) is 4.56. The highest BCUT2D eigenvalue weighted by Crippen LogP contribution is 2.31. The molecule has 0 amide bonds. The Bertz CT molecular complexity index is 793. The third kappa shape index (κ3) is 2.46. The van der Waals surface area contributed by atoms with Crippen LogP contribution in [-0.2, 0) is 0 Å². The molecule has 0 bridgehead atoms. The molecule has 2 N–H and O–H groups in total. The molecular weight excluding hydrogens is 309 g/mol. The third-order valence-electron chi connectivity index (χ3n) is 3.16. The minimum Gasteiger partial charge on any atom is -0.398 e. The van der Waals surface area contributed by atoms with Gasteiger partial charge in [-0.25, -0.2) is 0 Å². The molecule has 0 spiro atoms. The van der Waals surface area contributed by atoms with E-state index in [-0.39, 0.29) is 0 Å². The Kier molecular flexibility index (Phi) is 3.53. The largest absolute Gasteiger partial charge is 0.398 e. The van der Waals surface area contributed by atoms with E-state index in [1.54, 1.807) is 18.2 Å². The molecule has 0 aliphatic carbocycles. The topological polar surface area (TPSA) is 69.6 Å². The SMILES string of the molecule is Cc1ccc(-c2nnnn2-c2c(Cl)cccc2Cl)cc1N. The monoisotopic (exact) mass is 319 g/mol. The fourth-order valence-corrected chi connectivity index (χ4v) is 2.55. The Morgan fingerprint density at radius 1 is 1.10 bits per heavy atom. The lowest BCUT2D eigenvalue weighted by atomic mass is 10.1. The molecule has 1 heterocycles. The quantitative estimate of drug-likeness (QED) is 0.733. The zero-order chi connectivity index (χ0) is 15.0. The van der Waals surface area contributed by atoms with Crippen LogP contribution in [0.3, 0.4) is 0 Å². The lowest BCUT2D eigenvalue weighted by Gasteiger charge is -2.09. The Morgan fingerprint density at radius 3 is 2.48 bits per heavy atom. The Labute approximate surface area is 131 Å². The molecule has 3 rings (SSSR count). The van der Waals surface area contributed by atoms with Gasteiger partial charge in [-0.3, -0.25) is 0 Å². The van der Waals surface area contributed by atoms with Crippen molar-refractivity contribution in [2.45, 2.75) is 6.92 Å². The van der Waals surface area contributed by atoms with Gasteiger partial charge in [0.2, 0.25) is 0 Å². The maximum absolute atomic E-state index is 6.21. The highest BCUT2D eigenvalue weighted by atomic mass is 35.5. The number of halogens is 2. The zero-order valence-corrected chi connectivity index (χ0v) is 12.6. The zero-order valence-electron chi connectivity index (χ0n) is 11.1. The van der Waals surface area contributed by atoms with Crippen LogP contribution in [0.1, 0.15) is 5.56 Å². The standard InChI is InChI=1S/C14H11Cl2N5/c1-8-5-6-9(7-12(8)17)14-18-19-20-21(14)13-10(15)3-2-4-11(13)16/h2-7H,17H2,1H3. The first-order valence-electron chi connectivity index (χ1n) is 6.17. The summed E-state index contributed by atoms with van der Waals surface area (Å²) in [6, 6.07) is 10.9. The van der Waals surface area contributed by atoms with Crippen molar-refractivity contribution < 1.29 is 0 Å². The maximum Gasteiger partial charge on any atom is 0.187 e. The molecule has 0 saturated carbocycles. The minimum absolute atomic E-state index is 0.469. The summed E-state index contributed by atoms with van der Waals surface area (Å²) in [6.07, 6.45) is 0. The summed E-state index contributed by atoms with van der Waals surface area (Å²) in [5.41, 5.74) is 8.95. The molecule has 0 aliphatic rings. The van der Waals surface area contributed by atoms with Crippen molar-refractivity contribution in [3.8, 4) is 17.1 Å². The number of hydrogen-bond donors (Lipinski definition) is 1. The molecular formula is C14H11Cl2N5. The van der Waals surface area contributed by atoms with Gasteiger partial charge in [0.25, 0.3) is 0 Å². The summed E-state index contributed by atoms with van der Waals surface area (Å²) in [7, 11) is 0. The van der Waals surface area contributed by atoms with Crippen molar-refractivity contribution in [2.24, 2.45) is 0 Å². The Hall–Kier alpha value is -2.11. The van der Waals surface area contributed by atoms with E-state index in [1.807, 2.05) is 25.1 Å². The van der Waals surface area contributed by atoms with Gasteiger partial charge in [0.05, 0.1) is 10.0 Å². The first-order chi connectivity index (χ1) is 10.1. The summed E-state index contributed by atoms with van der Waals surface area (Å²) in [5.74, 6) is 0.525. The Morgan fingerprint density at radius 2 is 1.81 bits per heavy atom. The number of aromatic nitrogens is 4. The van der Waals surface area contributed by atoms with Crippen molar-refractivity contribution in [3.63, 3.8) is 0 Å². The fraction of sp³-hybridized carbons (Fsp3) is 0.0714. The number of nitrogen functional groups attached to an aromatic ring is 1. The summed E-state index contributed by atoms with van der Waals surface area (Å²) >= 11 is 12.4. The second kappa shape index (κ2) is 5.35. The molecule has 21 heavy (non-hydrogen) atoms. The number of anilines is 1. The predicted octanol–water partition coefficient (Wildman–Crippen LogP) is 3.53. The summed E-state index contributed by atoms with van der Waals surface area (Å²) < 4.78 is 1.51. The van der Waals surface area contributed by atoms with Gasteiger partial charge in [-0.05, 0) is 41.1 Å². The van der Waals surface area contributed by atoms with Gasteiger partial charge in [0.15, 0.2) is 5.82 Å². The van der Waals surface area contributed by atoms with E-state index in [9.17, 15) is 0 Å². The molecule has 0 atom stereocenters. The molecule has 1 aromatic heterocycles. The second-order valence-corrected chi connectivity index (χ2v) is 5.37. The number of nitrogens with zero attached hydrogens (tertiary/aromatic N) is 4. The molecule has 7 heteroatoms. The fourth-order valence-electron chi connectivity index (χ4n) is 1.99. The number of rotatable bonds is 2. The number of hydrogen-bond acceptors (Lipinski definition) is 4. The summed E-state index contributed by atoms with van der Waals surface area (Å²) in [6.45, 7) is 1.94. The average Bonchev–Trinajstić information content (AvgIpc) is 2.91. The van der Waals surface area contributed by atoms with Gasteiger partial charge in [-0.2, -0.15) is 4.68 Å². The lowest BCUT2D eigenvalue weighted by Crippen LogP contribution is -2.02.